The second-order valence-electron chi connectivity index (χ2n) is 5.65. The van der Waals surface area contributed by atoms with Crippen LogP contribution in [0.2, 0.25) is 0 Å². The molecule has 102 valence electrons. The molecule has 2 aromatic rings. The minimum absolute atomic E-state index is 0.0624. The first kappa shape index (κ1) is 13.6. The van der Waals surface area contributed by atoms with Gasteiger partial charge < -0.3 is 10.3 Å². The van der Waals surface area contributed by atoms with Gasteiger partial charge in [0.2, 0.25) is 5.91 Å². The number of H-pyrrole nitrogens is 1. The summed E-state index contributed by atoms with van der Waals surface area (Å²) in [6, 6.07) is 4.63. The van der Waals surface area contributed by atoms with Gasteiger partial charge in [-0.3, -0.25) is 4.79 Å². The summed E-state index contributed by atoms with van der Waals surface area (Å²) < 4.78 is 13.4. The van der Waals surface area contributed by atoms with Crippen molar-refractivity contribution in [3.8, 4) is 0 Å². The van der Waals surface area contributed by atoms with Gasteiger partial charge in [-0.1, -0.05) is 0 Å². The van der Waals surface area contributed by atoms with Gasteiger partial charge in [-0.2, -0.15) is 0 Å². The Hall–Kier alpha value is -1.84. The molecular formula is C15H19FN2O. The maximum atomic E-state index is 13.4. The van der Waals surface area contributed by atoms with Crippen LogP contribution in [0.3, 0.4) is 0 Å². The lowest BCUT2D eigenvalue weighted by atomic mass is 9.83. The molecule has 1 heterocycles. The van der Waals surface area contributed by atoms with E-state index in [1.807, 2.05) is 27.7 Å². The van der Waals surface area contributed by atoms with Crippen LogP contribution in [0, 0.1) is 5.82 Å². The van der Waals surface area contributed by atoms with Crippen molar-refractivity contribution in [3.63, 3.8) is 0 Å². The predicted molar refractivity (Wildman–Crippen MR) is 74.6 cm³/mol. The van der Waals surface area contributed by atoms with Gasteiger partial charge in [0.05, 0.1) is 5.41 Å². The molecule has 0 aliphatic rings. The van der Waals surface area contributed by atoms with Crippen LogP contribution >= 0.6 is 0 Å². The van der Waals surface area contributed by atoms with Gasteiger partial charge in [0.15, 0.2) is 0 Å². The first-order valence-electron chi connectivity index (χ1n) is 6.40. The average molecular weight is 262 g/mol. The van der Waals surface area contributed by atoms with E-state index in [0.717, 1.165) is 16.5 Å². The molecule has 0 unspecified atom stereocenters. The fourth-order valence-electron chi connectivity index (χ4n) is 2.17. The van der Waals surface area contributed by atoms with Crippen LogP contribution in [0.1, 0.15) is 33.3 Å². The number of aromatic nitrogens is 1. The lowest BCUT2D eigenvalue weighted by molar-refractivity contribution is -0.126. The van der Waals surface area contributed by atoms with Gasteiger partial charge in [0.1, 0.15) is 5.82 Å². The van der Waals surface area contributed by atoms with Crippen LogP contribution < -0.4 is 5.32 Å². The molecule has 0 aliphatic heterocycles. The summed E-state index contributed by atoms with van der Waals surface area (Å²) in [5.74, 6) is -0.360. The van der Waals surface area contributed by atoms with Gasteiger partial charge in [-0.15, -0.1) is 0 Å². The minimum atomic E-state index is -0.712. The maximum Gasteiger partial charge on any atom is 0.230 e. The van der Waals surface area contributed by atoms with Gasteiger partial charge in [0.25, 0.3) is 0 Å². The summed E-state index contributed by atoms with van der Waals surface area (Å²) in [6.45, 7) is 7.53. The normalized spacial score (nSPS) is 12.1. The molecule has 0 bridgehead atoms. The van der Waals surface area contributed by atoms with Crippen LogP contribution in [-0.4, -0.2) is 16.9 Å². The predicted octanol–water partition coefficient (Wildman–Crippen LogP) is 3.11. The lowest BCUT2D eigenvalue weighted by Gasteiger charge is -2.24. The van der Waals surface area contributed by atoms with Gasteiger partial charge in [-0.25, -0.2) is 4.39 Å². The van der Waals surface area contributed by atoms with E-state index in [4.69, 9.17) is 0 Å². The smallest absolute Gasteiger partial charge is 0.230 e. The number of nitrogens with one attached hydrogen (secondary N) is 2. The third-order valence-corrected chi connectivity index (χ3v) is 3.30. The quantitative estimate of drug-likeness (QED) is 0.877. The SMILES string of the molecule is CC(C)NC(=O)C(C)(C)c1c[nH]c2ccc(F)cc12. The molecule has 3 nitrogen and oxygen atoms in total. The monoisotopic (exact) mass is 262 g/mol. The van der Waals surface area contributed by atoms with Gasteiger partial charge in [0, 0.05) is 23.1 Å². The molecule has 1 aromatic heterocycles. The summed E-state index contributed by atoms with van der Waals surface area (Å²) in [6.07, 6.45) is 1.78. The topological polar surface area (TPSA) is 44.9 Å². The Bertz CT molecular complexity index is 614. The second kappa shape index (κ2) is 4.68. The van der Waals surface area contributed by atoms with E-state index in [1.54, 1.807) is 12.3 Å². The molecule has 2 N–H and O–H groups in total. The van der Waals surface area contributed by atoms with Crippen molar-refractivity contribution in [2.24, 2.45) is 0 Å². The van der Waals surface area contributed by atoms with Crippen molar-refractivity contribution >= 4 is 16.8 Å². The Labute approximate surface area is 112 Å². The van der Waals surface area contributed by atoms with E-state index >= 15 is 0 Å². The molecule has 1 amide bonds. The molecule has 0 aliphatic carbocycles. The fraction of sp³-hybridized carbons (Fsp3) is 0.400. The van der Waals surface area contributed by atoms with Crippen molar-refractivity contribution in [2.75, 3.05) is 0 Å². The zero-order valence-corrected chi connectivity index (χ0v) is 11.7. The van der Waals surface area contributed by atoms with Crippen molar-refractivity contribution in [3.05, 3.63) is 35.8 Å². The van der Waals surface area contributed by atoms with Gasteiger partial charge in [-0.05, 0) is 51.5 Å². The Morgan fingerprint density at radius 3 is 2.68 bits per heavy atom. The van der Waals surface area contributed by atoms with Crippen LogP contribution in [0.4, 0.5) is 4.39 Å². The Morgan fingerprint density at radius 2 is 2.05 bits per heavy atom. The number of fused-ring (bicyclic) bond motifs is 1. The number of hydrogen-bond donors (Lipinski definition) is 2. The second-order valence-corrected chi connectivity index (χ2v) is 5.65. The minimum Gasteiger partial charge on any atom is -0.361 e. The van der Waals surface area contributed by atoms with E-state index in [9.17, 15) is 9.18 Å². The third kappa shape index (κ3) is 2.48. The van der Waals surface area contributed by atoms with Crippen LogP contribution in [0.25, 0.3) is 10.9 Å². The summed E-state index contributed by atoms with van der Waals surface area (Å²) in [5, 5.41) is 3.66. The van der Waals surface area contributed by atoms with E-state index < -0.39 is 5.41 Å². The molecule has 19 heavy (non-hydrogen) atoms. The lowest BCUT2D eigenvalue weighted by Crippen LogP contribution is -2.43. The average Bonchev–Trinajstić information content (AvgIpc) is 2.71. The number of hydrogen-bond acceptors (Lipinski definition) is 1. The molecule has 0 saturated carbocycles. The number of amides is 1. The highest BCUT2D eigenvalue weighted by Crippen LogP contribution is 2.31. The zero-order valence-electron chi connectivity index (χ0n) is 11.7. The highest BCUT2D eigenvalue weighted by molar-refractivity contribution is 5.94. The Kier molecular flexibility index (Phi) is 3.35. The summed E-state index contributed by atoms with van der Waals surface area (Å²) in [5.41, 5.74) is 0.929. The number of carbonyl (C=O) groups is 1. The molecule has 0 saturated heterocycles. The number of halogens is 1. The highest BCUT2D eigenvalue weighted by Gasteiger charge is 2.32. The van der Waals surface area contributed by atoms with Crippen molar-refractivity contribution in [1.29, 1.82) is 0 Å². The first-order chi connectivity index (χ1) is 8.82. The third-order valence-electron chi connectivity index (χ3n) is 3.30. The number of carbonyl (C=O) groups excluding carboxylic acids is 1. The molecule has 0 radical (unpaired) electrons. The molecule has 2 rings (SSSR count). The molecule has 4 heteroatoms. The van der Waals surface area contributed by atoms with E-state index in [-0.39, 0.29) is 17.8 Å². The Morgan fingerprint density at radius 1 is 1.37 bits per heavy atom. The molecule has 0 spiro atoms. The van der Waals surface area contributed by atoms with E-state index in [0.29, 0.717) is 0 Å². The van der Waals surface area contributed by atoms with Crippen LogP contribution in [0.5, 0.6) is 0 Å². The molecule has 1 aromatic carbocycles. The molecule has 0 fully saturated rings. The molecular weight excluding hydrogens is 243 g/mol. The Balaban J connectivity index is 2.48. The first-order valence-corrected chi connectivity index (χ1v) is 6.40. The van der Waals surface area contributed by atoms with Crippen molar-refractivity contribution in [2.45, 2.75) is 39.2 Å². The number of aromatic amines is 1. The largest absolute Gasteiger partial charge is 0.361 e. The van der Waals surface area contributed by atoms with E-state index in [2.05, 4.69) is 10.3 Å². The van der Waals surface area contributed by atoms with Crippen molar-refractivity contribution in [1.82, 2.24) is 10.3 Å². The van der Waals surface area contributed by atoms with Crippen molar-refractivity contribution < 1.29 is 9.18 Å². The number of benzene rings is 1. The fourth-order valence-corrected chi connectivity index (χ4v) is 2.17. The van der Waals surface area contributed by atoms with Crippen LogP contribution in [0.15, 0.2) is 24.4 Å². The van der Waals surface area contributed by atoms with E-state index in [1.165, 1.54) is 12.1 Å². The maximum absolute atomic E-state index is 13.4. The number of rotatable bonds is 3. The standard InChI is InChI=1S/C15H19FN2O/c1-9(2)18-14(19)15(3,4)12-8-17-13-6-5-10(16)7-11(12)13/h5-9,17H,1-4H3,(H,18,19). The van der Waals surface area contributed by atoms with Crippen LogP contribution in [-0.2, 0) is 10.2 Å². The molecule has 0 atom stereocenters. The summed E-state index contributed by atoms with van der Waals surface area (Å²) in [7, 11) is 0. The summed E-state index contributed by atoms with van der Waals surface area (Å²) in [4.78, 5) is 15.4. The van der Waals surface area contributed by atoms with Gasteiger partial charge >= 0.3 is 0 Å². The highest BCUT2D eigenvalue weighted by atomic mass is 19.1. The zero-order chi connectivity index (χ0) is 14.2. The summed E-state index contributed by atoms with van der Waals surface area (Å²) >= 11 is 0.